The minimum absolute atomic E-state index is 1.02. The molecular formula is C33H21N. The summed E-state index contributed by atoms with van der Waals surface area (Å²) in [7, 11) is 0. The van der Waals surface area contributed by atoms with E-state index in [2.05, 4.69) is 126 Å². The Balaban J connectivity index is 1.66. The Bertz CT molecular complexity index is 1800. The molecule has 34 heavy (non-hydrogen) atoms. The third-order valence-corrected chi connectivity index (χ3v) is 6.89. The van der Waals surface area contributed by atoms with Crippen LogP contribution in [0.15, 0.2) is 128 Å². The fourth-order valence-corrected chi connectivity index (χ4v) is 5.39. The summed E-state index contributed by atoms with van der Waals surface area (Å²) in [6.07, 6.45) is 1.93. The summed E-state index contributed by atoms with van der Waals surface area (Å²) in [5.41, 5.74) is 6.06. The van der Waals surface area contributed by atoms with Gasteiger partial charge in [-0.25, -0.2) is 0 Å². The topological polar surface area (TPSA) is 12.9 Å². The first kappa shape index (κ1) is 19.0. The van der Waals surface area contributed by atoms with Gasteiger partial charge >= 0.3 is 0 Å². The Labute approximate surface area is 197 Å². The number of pyridine rings is 1. The lowest BCUT2D eigenvalue weighted by Crippen LogP contribution is -1.92. The van der Waals surface area contributed by atoms with Crippen molar-refractivity contribution in [1.29, 1.82) is 0 Å². The summed E-state index contributed by atoms with van der Waals surface area (Å²) in [5, 5.41) is 8.78. The Kier molecular flexibility index (Phi) is 4.22. The average molecular weight is 432 g/mol. The van der Waals surface area contributed by atoms with Crippen LogP contribution in [0.4, 0.5) is 0 Å². The number of nitrogens with zero attached hydrogens (tertiary/aromatic N) is 1. The predicted octanol–water partition coefficient (Wildman–Crippen LogP) is 9.03. The van der Waals surface area contributed by atoms with E-state index < -0.39 is 0 Å². The van der Waals surface area contributed by atoms with Gasteiger partial charge in [0.25, 0.3) is 0 Å². The van der Waals surface area contributed by atoms with Crippen LogP contribution in [0, 0.1) is 0 Å². The molecule has 0 bridgehead atoms. The normalized spacial score (nSPS) is 11.5. The van der Waals surface area contributed by atoms with Crippen LogP contribution < -0.4 is 0 Å². The summed E-state index contributed by atoms with van der Waals surface area (Å²) in [6.45, 7) is 0. The van der Waals surface area contributed by atoms with E-state index in [4.69, 9.17) is 0 Å². The van der Waals surface area contributed by atoms with Gasteiger partial charge in [0.2, 0.25) is 0 Å². The summed E-state index contributed by atoms with van der Waals surface area (Å²) < 4.78 is 0. The third-order valence-electron chi connectivity index (χ3n) is 6.89. The first-order chi connectivity index (χ1) is 16.9. The highest BCUT2D eigenvalue weighted by Gasteiger charge is 2.17. The average Bonchev–Trinajstić information content (AvgIpc) is 2.91. The van der Waals surface area contributed by atoms with E-state index in [1.54, 1.807) is 0 Å². The molecule has 0 radical (unpaired) electrons. The first-order valence-electron chi connectivity index (χ1n) is 11.7. The number of para-hydroxylation sites is 1. The summed E-state index contributed by atoms with van der Waals surface area (Å²) in [5.74, 6) is 0. The van der Waals surface area contributed by atoms with Crippen molar-refractivity contribution in [3.05, 3.63) is 128 Å². The molecule has 0 spiro atoms. The zero-order valence-corrected chi connectivity index (χ0v) is 18.6. The summed E-state index contributed by atoms with van der Waals surface area (Å²) in [4.78, 5) is 4.62. The number of benzene rings is 6. The second-order valence-corrected chi connectivity index (χ2v) is 8.78. The van der Waals surface area contributed by atoms with Crippen molar-refractivity contribution in [2.75, 3.05) is 0 Å². The molecule has 7 aromatic rings. The zero-order valence-electron chi connectivity index (χ0n) is 18.6. The van der Waals surface area contributed by atoms with Crippen LogP contribution in [0.25, 0.3) is 65.5 Å². The summed E-state index contributed by atoms with van der Waals surface area (Å²) in [6, 6.07) is 43.6. The van der Waals surface area contributed by atoms with Crippen LogP contribution >= 0.6 is 0 Å². The van der Waals surface area contributed by atoms with Crippen LogP contribution in [-0.2, 0) is 0 Å². The molecule has 0 aliphatic heterocycles. The number of aromatic nitrogens is 1. The molecular weight excluding hydrogens is 410 g/mol. The van der Waals surface area contributed by atoms with Gasteiger partial charge in [-0.05, 0) is 72.8 Å². The van der Waals surface area contributed by atoms with Gasteiger partial charge in [0, 0.05) is 11.6 Å². The number of rotatable bonds is 2. The van der Waals surface area contributed by atoms with Crippen LogP contribution in [0.2, 0.25) is 0 Å². The molecule has 0 saturated carbocycles. The van der Waals surface area contributed by atoms with Crippen molar-refractivity contribution >= 4 is 43.2 Å². The van der Waals surface area contributed by atoms with E-state index in [0.717, 1.165) is 5.52 Å². The molecule has 1 heterocycles. The van der Waals surface area contributed by atoms with Crippen molar-refractivity contribution in [3.63, 3.8) is 0 Å². The van der Waals surface area contributed by atoms with Gasteiger partial charge in [-0.1, -0.05) is 103 Å². The standard InChI is InChI=1S/C33H21N/c1-2-10-23-21-24(18-17-22(23)9-1)32-26-12-3-5-14-28(26)33(29-15-6-4-13-27(29)32)30-19-20-34-31-16-8-7-11-25(30)31/h1-21H. The van der Waals surface area contributed by atoms with Gasteiger partial charge in [0.15, 0.2) is 0 Å². The first-order valence-corrected chi connectivity index (χ1v) is 11.7. The van der Waals surface area contributed by atoms with Gasteiger partial charge in [-0.15, -0.1) is 0 Å². The fraction of sp³-hybridized carbons (Fsp3) is 0. The molecule has 0 unspecified atom stereocenters. The third kappa shape index (κ3) is 2.84. The molecule has 7 rings (SSSR count). The SMILES string of the molecule is c1ccc2cc(-c3c4ccccc4c(-c4ccnc5ccccc45)c4ccccc34)ccc2c1. The van der Waals surface area contributed by atoms with E-state index in [-0.39, 0.29) is 0 Å². The van der Waals surface area contributed by atoms with Gasteiger partial charge in [-0.2, -0.15) is 0 Å². The Morgan fingerprint density at radius 2 is 0.971 bits per heavy atom. The van der Waals surface area contributed by atoms with Crippen LogP contribution in [0.5, 0.6) is 0 Å². The molecule has 1 aromatic heterocycles. The molecule has 0 saturated heterocycles. The minimum atomic E-state index is 1.02. The minimum Gasteiger partial charge on any atom is -0.256 e. The molecule has 0 amide bonds. The molecule has 158 valence electrons. The van der Waals surface area contributed by atoms with Crippen molar-refractivity contribution in [2.24, 2.45) is 0 Å². The van der Waals surface area contributed by atoms with E-state index in [9.17, 15) is 0 Å². The number of fused-ring (bicyclic) bond motifs is 4. The van der Waals surface area contributed by atoms with Crippen LogP contribution in [-0.4, -0.2) is 4.98 Å². The zero-order chi connectivity index (χ0) is 22.5. The highest BCUT2D eigenvalue weighted by Crippen LogP contribution is 2.45. The lowest BCUT2D eigenvalue weighted by Gasteiger charge is -2.18. The molecule has 0 N–H and O–H groups in total. The van der Waals surface area contributed by atoms with Crippen molar-refractivity contribution in [2.45, 2.75) is 0 Å². The van der Waals surface area contributed by atoms with Crippen molar-refractivity contribution in [1.82, 2.24) is 4.98 Å². The number of hydrogen-bond donors (Lipinski definition) is 0. The lowest BCUT2D eigenvalue weighted by atomic mass is 9.85. The molecule has 1 nitrogen and oxygen atoms in total. The predicted molar refractivity (Wildman–Crippen MR) is 145 cm³/mol. The maximum atomic E-state index is 4.62. The van der Waals surface area contributed by atoms with Crippen LogP contribution in [0.3, 0.4) is 0 Å². The smallest absolute Gasteiger partial charge is 0.0708 e. The Morgan fingerprint density at radius 1 is 0.412 bits per heavy atom. The second kappa shape index (κ2) is 7.54. The van der Waals surface area contributed by atoms with Crippen molar-refractivity contribution in [3.8, 4) is 22.3 Å². The second-order valence-electron chi connectivity index (χ2n) is 8.78. The molecule has 0 atom stereocenters. The summed E-state index contributed by atoms with van der Waals surface area (Å²) >= 11 is 0. The maximum Gasteiger partial charge on any atom is 0.0708 e. The van der Waals surface area contributed by atoms with E-state index in [0.29, 0.717) is 0 Å². The van der Waals surface area contributed by atoms with Gasteiger partial charge < -0.3 is 0 Å². The van der Waals surface area contributed by atoms with E-state index in [1.165, 1.54) is 60.0 Å². The van der Waals surface area contributed by atoms with Gasteiger partial charge in [0.05, 0.1) is 5.52 Å². The van der Waals surface area contributed by atoms with Crippen molar-refractivity contribution < 1.29 is 0 Å². The van der Waals surface area contributed by atoms with Gasteiger partial charge in [0.1, 0.15) is 0 Å². The highest BCUT2D eigenvalue weighted by molar-refractivity contribution is 6.23. The highest BCUT2D eigenvalue weighted by atomic mass is 14.6. The van der Waals surface area contributed by atoms with Gasteiger partial charge in [-0.3, -0.25) is 4.98 Å². The molecule has 0 aliphatic rings. The largest absolute Gasteiger partial charge is 0.256 e. The monoisotopic (exact) mass is 431 g/mol. The van der Waals surface area contributed by atoms with E-state index in [1.807, 2.05) is 6.20 Å². The lowest BCUT2D eigenvalue weighted by molar-refractivity contribution is 1.41. The molecule has 0 aliphatic carbocycles. The molecule has 0 fully saturated rings. The maximum absolute atomic E-state index is 4.62. The van der Waals surface area contributed by atoms with Crippen LogP contribution in [0.1, 0.15) is 0 Å². The Morgan fingerprint density at radius 3 is 1.68 bits per heavy atom. The quantitative estimate of drug-likeness (QED) is 0.249. The van der Waals surface area contributed by atoms with E-state index >= 15 is 0 Å². The molecule has 6 aromatic carbocycles. The fourth-order valence-electron chi connectivity index (χ4n) is 5.39. The number of hydrogen-bond acceptors (Lipinski definition) is 1. The molecule has 1 heteroatoms. The Hall–Kier alpha value is -4.49.